The van der Waals surface area contributed by atoms with Crippen molar-refractivity contribution in [3.8, 4) is 0 Å². The number of carbonyl (C=O) groups is 1. The van der Waals surface area contributed by atoms with Gasteiger partial charge in [0.1, 0.15) is 6.10 Å². The molecule has 0 spiro atoms. The maximum absolute atomic E-state index is 11.4. The van der Waals surface area contributed by atoms with E-state index >= 15 is 0 Å². The van der Waals surface area contributed by atoms with Crippen molar-refractivity contribution in [1.29, 1.82) is 0 Å². The molecule has 0 unspecified atom stereocenters. The summed E-state index contributed by atoms with van der Waals surface area (Å²) in [6.45, 7) is 0. The summed E-state index contributed by atoms with van der Waals surface area (Å²) in [5, 5.41) is 0. The Morgan fingerprint density at radius 2 is 2.09 bits per heavy atom. The second-order valence-electron chi connectivity index (χ2n) is 4.15. The van der Waals surface area contributed by atoms with Crippen LogP contribution in [-0.2, 0) is 9.53 Å². The molecule has 0 aromatic carbocycles. The quantitative estimate of drug-likeness (QED) is 0.520. The molecular formula is C9H12O2. The van der Waals surface area contributed by atoms with Gasteiger partial charge in [0.05, 0.1) is 6.10 Å². The van der Waals surface area contributed by atoms with E-state index in [1.807, 2.05) is 0 Å². The Bertz CT molecular complexity index is 180. The van der Waals surface area contributed by atoms with Crippen molar-refractivity contribution in [3.05, 3.63) is 0 Å². The summed E-state index contributed by atoms with van der Waals surface area (Å²) in [7, 11) is 0. The van der Waals surface area contributed by atoms with Crippen molar-refractivity contribution < 1.29 is 9.53 Å². The van der Waals surface area contributed by atoms with Crippen LogP contribution in [-0.4, -0.2) is 18.0 Å². The van der Waals surface area contributed by atoms with Crippen LogP contribution >= 0.6 is 0 Å². The number of ketones is 1. The van der Waals surface area contributed by atoms with Gasteiger partial charge in [-0.25, -0.2) is 0 Å². The number of hydrogen-bond donors (Lipinski definition) is 0. The van der Waals surface area contributed by atoms with Gasteiger partial charge in [-0.2, -0.15) is 0 Å². The Morgan fingerprint density at radius 1 is 1.18 bits per heavy atom. The van der Waals surface area contributed by atoms with Crippen molar-refractivity contribution >= 4 is 5.78 Å². The SMILES string of the molecule is O=C1[C@H]2C[C@H]3C[C@@H](C2)O[C@H]1C3. The summed E-state index contributed by atoms with van der Waals surface area (Å²) in [5.74, 6) is 1.60. The Hall–Kier alpha value is -0.370. The van der Waals surface area contributed by atoms with Crippen LogP contribution in [0.15, 0.2) is 0 Å². The van der Waals surface area contributed by atoms with Crippen molar-refractivity contribution in [2.24, 2.45) is 11.8 Å². The third-order valence-corrected chi connectivity index (χ3v) is 3.39. The van der Waals surface area contributed by atoms with E-state index in [1.165, 1.54) is 6.42 Å². The van der Waals surface area contributed by atoms with Gasteiger partial charge in [0.2, 0.25) is 0 Å². The van der Waals surface area contributed by atoms with Crippen molar-refractivity contribution in [3.63, 3.8) is 0 Å². The highest BCUT2D eigenvalue weighted by Crippen LogP contribution is 2.45. The molecule has 0 N–H and O–H groups in total. The van der Waals surface area contributed by atoms with Crippen molar-refractivity contribution in [1.82, 2.24) is 0 Å². The van der Waals surface area contributed by atoms with E-state index in [1.54, 1.807) is 0 Å². The van der Waals surface area contributed by atoms with Crippen LogP contribution < -0.4 is 0 Å². The summed E-state index contributed by atoms with van der Waals surface area (Å²) in [6, 6.07) is 0. The maximum atomic E-state index is 11.4. The summed E-state index contributed by atoms with van der Waals surface area (Å²) < 4.78 is 5.59. The number of ether oxygens (including phenoxy) is 1. The lowest BCUT2D eigenvalue weighted by Crippen LogP contribution is -2.52. The average molecular weight is 152 g/mol. The van der Waals surface area contributed by atoms with E-state index in [-0.39, 0.29) is 6.10 Å². The van der Waals surface area contributed by atoms with Gasteiger partial charge in [-0.3, -0.25) is 4.79 Å². The van der Waals surface area contributed by atoms with Gasteiger partial charge < -0.3 is 4.74 Å². The smallest absolute Gasteiger partial charge is 0.164 e. The molecule has 0 aromatic heterocycles. The van der Waals surface area contributed by atoms with E-state index < -0.39 is 0 Å². The van der Waals surface area contributed by atoms with E-state index in [4.69, 9.17) is 4.74 Å². The second-order valence-corrected chi connectivity index (χ2v) is 4.15. The van der Waals surface area contributed by atoms with Gasteiger partial charge >= 0.3 is 0 Å². The van der Waals surface area contributed by atoms with E-state index in [2.05, 4.69) is 0 Å². The first-order chi connectivity index (χ1) is 5.33. The summed E-state index contributed by atoms with van der Waals surface area (Å²) in [5.41, 5.74) is 0. The minimum atomic E-state index is 0.00579. The Labute approximate surface area is 65.9 Å². The normalized spacial score (nSPS) is 53.6. The van der Waals surface area contributed by atoms with Crippen LogP contribution in [0.4, 0.5) is 0 Å². The lowest BCUT2D eigenvalue weighted by Gasteiger charge is -2.48. The van der Waals surface area contributed by atoms with Gasteiger partial charge in [-0.1, -0.05) is 0 Å². The minimum Gasteiger partial charge on any atom is -0.367 e. The molecule has 2 aliphatic heterocycles. The standard InChI is InChI=1S/C9H12O2/c10-9-6-1-5-2-7(4-6)11-8(9)3-5/h5-8H,1-4H2/t5-,6-,7-,8-/m0/s1. The summed E-state index contributed by atoms with van der Waals surface area (Å²) >= 11 is 0. The zero-order valence-electron chi connectivity index (χ0n) is 6.45. The molecule has 0 aromatic rings. The molecule has 2 heteroatoms. The highest BCUT2D eigenvalue weighted by molar-refractivity contribution is 5.87. The zero-order valence-corrected chi connectivity index (χ0v) is 6.45. The molecule has 2 heterocycles. The van der Waals surface area contributed by atoms with Crippen LogP contribution in [0.5, 0.6) is 0 Å². The van der Waals surface area contributed by atoms with Gasteiger partial charge in [-0.15, -0.1) is 0 Å². The van der Waals surface area contributed by atoms with E-state index in [0.717, 1.165) is 25.2 Å². The average Bonchev–Trinajstić information content (AvgIpc) is 1.98. The number of carbonyl (C=O) groups excluding carboxylic acids is 1. The molecule has 11 heavy (non-hydrogen) atoms. The van der Waals surface area contributed by atoms with E-state index in [9.17, 15) is 4.79 Å². The number of Topliss-reactive ketones (excluding diaryl/α,β-unsaturated/α-hetero) is 1. The highest BCUT2D eigenvalue weighted by Gasteiger charge is 2.48. The van der Waals surface area contributed by atoms with Crippen LogP contribution in [0, 0.1) is 11.8 Å². The first-order valence-corrected chi connectivity index (χ1v) is 4.52. The van der Waals surface area contributed by atoms with Crippen molar-refractivity contribution in [2.45, 2.75) is 37.9 Å². The molecule has 2 nitrogen and oxygen atoms in total. The molecule has 0 radical (unpaired) electrons. The third-order valence-electron chi connectivity index (χ3n) is 3.39. The fourth-order valence-electron chi connectivity index (χ4n) is 2.95. The monoisotopic (exact) mass is 152 g/mol. The van der Waals surface area contributed by atoms with Crippen LogP contribution in [0.1, 0.15) is 25.7 Å². The molecular weight excluding hydrogens is 140 g/mol. The predicted octanol–water partition coefficient (Wildman–Crippen LogP) is 1.14. The van der Waals surface area contributed by atoms with Crippen LogP contribution in [0.3, 0.4) is 0 Å². The van der Waals surface area contributed by atoms with Gasteiger partial charge in [0.25, 0.3) is 0 Å². The topological polar surface area (TPSA) is 26.3 Å². The molecule has 2 saturated heterocycles. The van der Waals surface area contributed by atoms with Crippen molar-refractivity contribution in [2.75, 3.05) is 0 Å². The molecule has 4 bridgehead atoms. The zero-order chi connectivity index (χ0) is 7.42. The Balaban J connectivity index is 1.96. The first kappa shape index (κ1) is 6.18. The summed E-state index contributed by atoms with van der Waals surface area (Å²) in [6.07, 6.45) is 4.87. The van der Waals surface area contributed by atoms with Gasteiger partial charge in [0, 0.05) is 5.92 Å². The van der Waals surface area contributed by atoms with E-state index in [0.29, 0.717) is 17.8 Å². The lowest BCUT2D eigenvalue weighted by atomic mass is 9.67. The fourth-order valence-corrected chi connectivity index (χ4v) is 2.95. The van der Waals surface area contributed by atoms with Gasteiger partial charge in [0.15, 0.2) is 5.78 Å². The number of hydrogen-bond acceptors (Lipinski definition) is 2. The minimum absolute atomic E-state index is 0.00579. The van der Waals surface area contributed by atoms with Gasteiger partial charge in [-0.05, 0) is 31.6 Å². The molecule has 2 saturated carbocycles. The second kappa shape index (κ2) is 1.86. The molecule has 4 aliphatic rings. The highest BCUT2D eigenvalue weighted by atomic mass is 16.5. The molecule has 4 fully saturated rings. The molecule has 0 amide bonds. The molecule has 4 atom stereocenters. The Kier molecular flexibility index (Phi) is 1.05. The lowest BCUT2D eigenvalue weighted by molar-refractivity contribution is -0.176. The number of rotatable bonds is 0. The fraction of sp³-hybridized carbons (Fsp3) is 0.889. The third kappa shape index (κ3) is 0.734. The summed E-state index contributed by atoms with van der Waals surface area (Å²) in [4.78, 5) is 11.4. The molecule has 2 aliphatic carbocycles. The Morgan fingerprint density at radius 3 is 2.82 bits per heavy atom. The largest absolute Gasteiger partial charge is 0.367 e. The van der Waals surface area contributed by atoms with Crippen LogP contribution in [0.2, 0.25) is 0 Å². The molecule has 60 valence electrons. The predicted molar refractivity (Wildman–Crippen MR) is 39.1 cm³/mol. The first-order valence-electron chi connectivity index (χ1n) is 4.52. The maximum Gasteiger partial charge on any atom is 0.164 e. The molecule has 4 rings (SSSR count). The van der Waals surface area contributed by atoms with Crippen LogP contribution in [0.25, 0.3) is 0 Å².